The standard InChI is InChI=1S/C13H13N3O2S2/c17-10(14-7-13(18)2-1-3-13)9-6-8-11(20-9)15-12-16(8)4-5-19-12/h4-6,18H,1-3,7H2,(H,14,17). The maximum Gasteiger partial charge on any atom is 0.261 e. The Morgan fingerprint density at radius 3 is 3.15 bits per heavy atom. The molecular weight excluding hydrogens is 294 g/mol. The second-order valence-corrected chi connectivity index (χ2v) is 7.13. The molecule has 0 saturated heterocycles. The molecular formula is C13H13N3O2S2. The molecule has 2 N–H and O–H groups in total. The van der Waals surface area contributed by atoms with Crippen molar-refractivity contribution in [3.8, 4) is 0 Å². The van der Waals surface area contributed by atoms with E-state index in [0.29, 0.717) is 11.4 Å². The summed E-state index contributed by atoms with van der Waals surface area (Å²) in [4.78, 5) is 19.1. The molecule has 0 unspecified atom stereocenters. The van der Waals surface area contributed by atoms with Gasteiger partial charge in [0.1, 0.15) is 4.83 Å². The molecule has 3 aromatic heterocycles. The average molecular weight is 307 g/mol. The smallest absolute Gasteiger partial charge is 0.261 e. The number of fused-ring (bicyclic) bond motifs is 3. The summed E-state index contributed by atoms with van der Waals surface area (Å²) in [5, 5.41) is 14.8. The lowest BCUT2D eigenvalue weighted by molar-refractivity contribution is -0.0300. The Balaban J connectivity index is 1.57. The van der Waals surface area contributed by atoms with Crippen LogP contribution in [0.5, 0.6) is 0 Å². The number of carbonyl (C=O) groups is 1. The zero-order valence-electron chi connectivity index (χ0n) is 10.6. The highest BCUT2D eigenvalue weighted by Gasteiger charge is 2.34. The number of aromatic nitrogens is 2. The number of hydrogen-bond donors (Lipinski definition) is 2. The number of hydrogen-bond acceptors (Lipinski definition) is 5. The van der Waals surface area contributed by atoms with Gasteiger partial charge in [0, 0.05) is 18.1 Å². The predicted molar refractivity (Wildman–Crippen MR) is 79.6 cm³/mol. The number of amides is 1. The highest BCUT2D eigenvalue weighted by molar-refractivity contribution is 7.21. The number of aliphatic hydroxyl groups is 1. The molecule has 0 atom stereocenters. The van der Waals surface area contributed by atoms with Crippen LogP contribution in [0.15, 0.2) is 17.6 Å². The molecule has 5 nitrogen and oxygen atoms in total. The fraction of sp³-hybridized carbons (Fsp3) is 0.385. The van der Waals surface area contributed by atoms with Crippen molar-refractivity contribution in [2.24, 2.45) is 0 Å². The first kappa shape index (κ1) is 12.3. The Bertz CT molecular complexity index is 797. The number of carbonyl (C=O) groups excluding carboxylic acids is 1. The van der Waals surface area contributed by atoms with E-state index in [1.807, 2.05) is 22.0 Å². The van der Waals surface area contributed by atoms with Gasteiger partial charge in [-0.1, -0.05) is 0 Å². The Morgan fingerprint density at radius 1 is 1.55 bits per heavy atom. The number of nitrogens with one attached hydrogen (secondary N) is 1. The molecule has 1 aliphatic rings. The summed E-state index contributed by atoms with van der Waals surface area (Å²) in [7, 11) is 0. The first-order valence-corrected chi connectivity index (χ1v) is 8.20. The van der Waals surface area contributed by atoms with Crippen molar-refractivity contribution in [3.63, 3.8) is 0 Å². The van der Waals surface area contributed by atoms with E-state index in [2.05, 4.69) is 10.3 Å². The van der Waals surface area contributed by atoms with E-state index < -0.39 is 5.60 Å². The van der Waals surface area contributed by atoms with Gasteiger partial charge in [-0.05, 0) is 25.3 Å². The van der Waals surface area contributed by atoms with E-state index in [1.54, 1.807) is 11.3 Å². The van der Waals surface area contributed by atoms with Gasteiger partial charge in [0.05, 0.1) is 16.0 Å². The molecule has 0 aromatic carbocycles. The largest absolute Gasteiger partial charge is 0.388 e. The normalized spacial score (nSPS) is 17.4. The predicted octanol–water partition coefficient (Wildman–Crippen LogP) is 2.26. The van der Waals surface area contributed by atoms with Crippen LogP contribution in [0.3, 0.4) is 0 Å². The van der Waals surface area contributed by atoms with Crippen molar-refractivity contribution in [1.29, 1.82) is 0 Å². The quantitative estimate of drug-likeness (QED) is 0.780. The topological polar surface area (TPSA) is 66.6 Å². The number of nitrogens with zero attached hydrogens (tertiary/aromatic N) is 2. The van der Waals surface area contributed by atoms with Gasteiger partial charge < -0.3 is 10.4 Å². The van der Waals surface area contributed by atoms with Crippen LogP contribution in [-0.2, 0) is 0 Å². The fourth-order valence-corrected chi connectivity index (χ4v) is 4.17. The van der Waals surface area contributed by atoms with Gasteiger partial charge in [-0.25, -0.2) is 4.98 Å². The van der Waals surface area contributed by atoms with Crippen LogP contribution in [0.1, 0.15) is 28.9 Å². The zero-order valence-corrected chi connectivity index (χ0v) is 12.3. The van der Waals surface area contributed by atoms with Crippen molar-refractivity contribution in [2.75, 3.05) is 6.54 Å². The Labute approximate surface area is 122 Å². The summed E-state index contributed by atoms with van der Waals surface area (Å²) in [5.41, 5.74) is 0.286. The van der Waals surface area contributed by atoms with Crippen LogP contribution in [0.2, 0.25) is 0 Å². The molecule has 4 rings (SSSR count). The van der Waals surface area contributed by atoms with Crippen LogP contribution in [0.25, 0.3) is 15.3 Å². The number of imidazole rings is 1. The molecule has 1 fully saturated rings. The van der Waals surface area contributed by atoms with Gasteiger partial charge in [0.15, 0.2) is 4.96 Å². The maximum absolute atomic E-state index is 12.1. The van der Waals surface area contributed by atoms with Crippen LogP contribution in [-0.4, -0.2) is 32.5 Å². The van der Waals surface area contributed by atoms with Crippen molar-refractivity contribution in [1.82, 2.24) is 14.7 Å². The second-order valence-electron chi connectivity index (χ2n) is 5.23. The highest BCUT2D eigenvalue weighted by Crippen LogP contribution is 2.31. The van der Waals surface area contributed by atoms with Crippen LogP contribution in [0, 0.1) is 0 Å². The molecule has 1 amide bonds. The zero-order chi connectivity index (χ0) is 13.7. The summed E-state index contributed by atoms with van der Waals surface area (Å²) in [6.07, 6.45) is 4.55. The summed E-state index contributed by atoms with van der Waals surface area (Å²) < 4.78 is 1.99. The van der Waals surface area contributed by atoms with Crippen LogP contribution < -0.4 is 5.32 Å². The fourth-order valence-electron chi connectivity index (χ4n) is 2.45. The Morgan fingerprint density at radius 2 is 2.40 bits per heavy atom. The summed E-state index contributed by atoms with van der Waals surface area (Å²) in [5.74, 6) is -0.127. The van der Waals surface area contributed by atoms with Gasteiger partial charge in [-0.15, -0.1) is 22.7 Å². The molecule has 1 saturated carbocycles. The minimum Gasteiger partial charge on any atom is -0.388 e. The lowest BCUT2D eigenvalue weighted by atomic mass is 9.80. The lowest BCUT2D eigenvalue weighted by Gasteiger charge is -2.36. The van der Waals surface area contributed by atoms with E-state index in [9.17, 15) is 9.90 Å². The van der Waals surface area contributed by atoms with E-state index in [1.165, 1.54) is 11.3 Å². The van der Waals surface area contributed by atoms with E-state index in [4.69, 9.17) is 0 Å². The second kappa shape index (κ2) is 4.28. The molecule has 0 aliphatic heterocycles. The third kappa shape index (κ3) is 1.85. The monoisotopic (exact) mass is 307 g/mol. The number of thiophene rings is 1. The van der Waals surface area contributed by atoms with E-state index in [-0.39, 0.29) is 5.91 Å². The first-order valence-electron chi connectivity index (χ1n) is 6.50. The van der Waals surface area contributed by atoms with Crippen molar-refractivity contribution >= 4 is 43.9 Å². The van der Waals surface area contributed by atoms with Crippen LogP contribution in [0.4, 0.5) is 0 Å². The van der Waals surface area contributed by atoms with Gasteiger partial charge in [0.2, 0.25) is 0 Å². The molecule has 1 aliphatic carbocycles. The minimum absolute atomic E-state index is 0.127. The first-order chi connectivity index (χ1) is 9.65. The molecule has 0 bridgehead atoms. The molecule has 3 aromatic rings. The van der Waals surface area contributed by atoms with Crippen molar-refractivity contribution < 1.29 is 9.90 Å². The van der Waals surface area contributed by atoms with Crippen LogP contribution >= 0.6 is 22.7 Å². The third-order valence-electron chi connectivity index (χ3n) is 3.83. The lowest BCUT2D eigenvalue weighted by Crippen LogP contribution is -2.47. The van der Waals surface area contributed by atoms with Gasteiger partial charge in [-0.3, -0.25) is 9.20 Å². The summed E-state index contributed by atoms with van der Waals surface area (Å²) in [6, 6.07) is 1.87. The van der Waals surface area contributed by atoms with Gasteiger partial charge in [0.25, 0.3) is 5.91 Å². The molecule has 0 spiro atoms. The molecule has 104 valence electrons. The van der Waals surface area contributed by atoms with Crippen molar-refractivity contribution in [3.05, 3.63) is 22.5 Å². The Hall–Kier alpha value is -1.44. The summed E-state index contributed by atoms with van der Waals surface area (Å²) in [6.45, 7) is 0.336. The molecule has 7 heteroatoms. The Kier molecular flexibility index (Phi) is 2.63. The summed E-state index contributed by atoms with van der Waals surface area (Å²) >= 11 is 2.97. The van der Waals surface area contributed by atoms with E-state index >= 15 is 0 Å². The van der Waals surface area contributed by atoms with Crippen molar-refractivity contribution in [2.45, 2.75) is 24.9 Å². The molecule has 20 heavy (non-hydrogen) atoms. The number of rotatable bonds is 3. The van der Waals surface area contributed by atoms with E-state index in [0.717, 1.165) is 34.6 Å². The third-order valence-corrected chi connectivity index (χ3v) is 5.60. The molecule has 3 heterocycles. The number of thiazole rings is 1. The average Bonchev–Trinajstić information content (AvgIpc) is 3.04. The highest BCUT2D eigenvalue weighted by atomic mass is 32.1. The molecule has 0 radical (unpaired) electrons. The van der Waals surface area contributed by atoms with Gasteiger partial charge in [-0.2, -0.15) is 0 Å². The maximum atomic E-state index is 12.1. The SMILES string of the molecule is O=C(NCC1(O)CCC1)c1cc2c(nc3sccn32)s1. The van der Waals surface area contributed by atoms with Gasteiger partial charge >= 0.3 is 0 Å². The minimum atomic E-state index is -0.685.